The second-order valence-corrected chi connectivity index (χ2v) is 6.07. The predicted octanol–water partition coefficient (Wildman–Crippen LogP) is 3.73. The molecule has 2 aliphatic rings. The number of fused-ring (bicyclic) bond motifs is 2. The second kappa shape index (κ2) is 7.03. The summed E-state index contributed by atoms with van der Waals surface area (Å²) in [7, 11) is 2.31. The first kappa shape index (κ1) is 15.2. The summed E-state index contributed by atoms with van der Waals surface area (Å²) < 4.78 is 0. The maximum absolute atomic E-state index is 8.81. The Morgan fingerprint density at radius 1 is 1.20 bits per heavy atom. The lowest BCUT2D eigenvalue weighted by Gasteiger charge is -2.37. The standard InChI is InChI=1S/C16H23N.C2H4O/c1-3-17(2)16-14-10-9-13(11-14)15(16)12-7-5-4-6-8-12;1-2-3/h4-8,13-16H,3,9-11H2,1-2H3;2H,1H3. The second-order valence-electron chi connectivity index (χ2n) is 6.07. The van der Waals surface area contributed by atoms with Gasteiger partial charge in [-0.25, -0.2) is 0 Å². The van der Waals surface area contributed by atoms with E-state index in [9.17, 15) is 0 Å². The minimum atomic E-state index is 0.750. The molecule has 4 unspecified atom stereocenters. The van der Waals surface area contributed by atoms with Gasteiger partial charge in [0, 0.05) is 12.0 Å². The third-order valence-corrected chi connectivity index (χ3v) is 5.06. The van der Waals surface area contributed by atoms with Gasteiger partial charge in [0.1, 0.15) is 6.29 Å². The SMILES string of the molecule is CC=O.CCN(C)C1C2CCC(C2)C1c1ccccc1. The van der Waals surface area contributed by atoms with Crippen LogP contribution in [0.5, 0.6) is 0 Å². The molecule has 2 heteroatoms. The van der Waals surface area contributed by atoms with Gasteiger partial charge < -0.3 is 9.69 Å². The zero-order valence-electron chi connectivity index (χ0n) is 13.0. The molecule has 110 valence electrons. The lowest BCUT2D eigenvalue weighted by molar-refractivity contribution is -0.106. The van der Waals surface area contributed by atoms with Crippen LogP contribution in [0.4, 0.5) is 0 Å². The van der Waals surface area contributed by atoms with Gasteiger partial charge in [-0.1, -0.05) is 37.3 Å². The van der Waals surface area contributed by atoms with E-state index in [0.717, 1.165) is 30.1 Å². The molecule has 2 saturated carbocycles. The molecule has 0 saturated heterocycles. The molecule has 0 N–H and O–H groups in total. The minimum Gasteiger partial charge on any atom is -0.304 e. The van der Waals surface area contributed by atoms with Gasteiger partial charge in [-0.2, -0.15) is 0 Å². The fourth-order valence-corrected chi connectivity index (χ4v) is 4.25. The number of benzene rings is 1. The highest BCUT2D eigenvalue weighted by Gasteiger charge is 2.49. The number of carbonyl (C=O) groups is 1. The van der Waals surface area contributed by atoms with Gasteiger partial charge in [-0.3, -0.25) is 0 Å². The lowest BCUT2D eigenvalue weighted by atomic mass is 9.79. The number of nitrogens with zero attached hydrogens (tertiary/aromatic N) is 1. The molecule has 0 spiro atoms. The molecule has 2 bridgehead atoms. The Bertz CT molecular complexity index is 417. The van der Waals surface area contributed by atoms with E-state index in [1.165, 1.54) is 32.7 Å². The molecular weight excluding hydrogens is 246 g/mol. The Kier molecular flexibility index (Phi) is 5.36. The molecule has 0 aliphatic heterocycles. The van der Waals surface area contributed by atoms with E-state index >= 15 is 0 Å². The van der Waals surface area contributed by atoms with Crippen molar-refractivity contribution < 1.29 is 4.79 Å². The van der Waals surface area contributed by atoms with Crippen LogP contribution in [0.1, 0.15) is 44.6 Å². The number of hydrogen-bond acceptors (Lipinski definition) is 2. The lowest BCUT2D eigenvalue weighted by Crippen LogP contribution is -2.40. The van der Waals surface area contributed by atoms with E-state index in [0.29, 0.717) is 0 Å². The van der Waals surface area contributed by atoms with Crippen molar-refractivity contribution in [3.63, 3.8) is 0 Å². The highest BCUT2D eigenvalue weighted by atomic mass is 16.1. The molecule has 0 amide bonds. The number of hydrogen-bond donors (Lipinski definition) is 0. The quantitative estimate of drug-likeness (QED) is 0.782. The highest BCUT2D eigenvalue weighted by Crippen LogP contribution is 2.54. The van der Waals surface area contributed by atoms with Crippen LogP contribution in [0.3, 0.4) is 0 Å². The van der Waals surface area contributed by atoms with Crippen molar-refractivity contribution >= 4 is 6.29 Å². The molecule has 1 aromatic rings. The predicted molar refractivity (Wildman–Crippen MR) is 83.8 cm³/mol. The topological polar surface area (TPSA) is 20.3 Å². The van der Waals surface area contributed by atoms with Crippen LogP contribution >= 0.6 is 0 Å². The Morgan fingerprint density at radius 3 is 2.40 bits per heavy atom. The maximum Gasteiger partial charge on any atom is 0.116 e. The van der Waals surface area contributed by atoms with E-state index in [4.69, 9.17) is 4.79 Å². The van der Waals surface area contributed by atoms with Gasteiger partial charge in [0.05, 0.1) is 0 Å². The van der Waals surface area contributed by atoms with Crippen LogP contribution in [0.2, 0.25) is 0 Å². The Morgan fingerprint density at radius 2 is 1.80 bits per heavy atom. The summed E-state index contributed by atoms with van der Waals surface area (Å²) in [5.41, 5.74) is 1.57. The molecule has 2 nitrogen and oxygen atoms in total. The van der Waals surface area contributed by atoms with Crippen molar-refractivity contribution in [2.45, 2.75) is 45.1 Å². The zero-order chi connectivity index (χ0) is 14.5. The molecule has 3 rings (SSSR count). The summed E-state index contributed by atoms with van der Waals surface area (Å²) in [4.78, 5) is 11.4. The first-order valence-corrected chi connectivity index (χ1v) is 7.87. The number of carbonyl (C=O) groups excluding carboxylic acids is 1. The average molecular weight is 273 g/mol. The fraction of sp³-hybridized carbons (Fsp3) is 0.611. The monoisotopic (exact) mass is 273 g/mol. The molecule has 4 atom stereocenters. The first-order chi connectivity index (χ1) is 9.72. The van der Waals surface area contributed by atoms with Crippen molar-refractivity contribution in [3.8, 4) is 0 Å². The fourth-order valence-electron chi connectivity index (χ4n) is 4.25. The Labute approximate surface area is 123 Å². The van der Waals surface area contributed by atoms with Gasteiger partial charge in [0.2, 0.25) is 0 Å². The van der Waals surface area contributed by atoms with E-state index < -0.39 is 0 Å². The van der Waals surface area contributed by atoms with Crippen LogP contribution in [-0.2, 0) is 4.79 Å². The smallest absolute Gasteiger partial charge is 0.116 e. The Hall–Kier alpha value is -1.15. The van der Waals surface area contributed by atoms with E-state index in [-0.39, 0.29) is 0 Å². The van der Waals surface area contributed by atoms with Gasteiger partial charge in [0.25, 0.3) is 0 Å². The minimum absolute atomic E-state index is 0.750. The van der Waals surface area contributed by atoms with Gasteiger partial charge >= 0.3 is 0 Å². The van der Waals surface area contributed by atoms with Crippen LogP contribution in [0.25, 0.3) is 0 Å². The summed E-state index contributed by atoms with van der Waals surface area (Å²) in [6.07, 6.45) is 5.13. The maximum atomic E-state index is 8.81. The van der Waals surface area contributed by atoms with E-state index in [1.807, 2.05) is 0 Å². The van der Waals surface area contributed by atoms with Crippen molar-refractivity contribution in [2.75, 3.05) is 13.6 Å². The van der Waals surface area contributed by atoms with Gasteiger partial charge in [0.15, 0.2) is 0 Å². The molecule has 0 aromatic heterocycles. The first-order valence-electron chi connectivity index (χ1n) is 7.87. The Balaban J connectivity index is 0.000000452. The normalized spacial score (nSPS) is 31.0. The van der Waals surface area contributed by atoms with Crippen molar-refractivity contribution in [1.82, 2.24) is 4.90 Å². The summed E-state index contributed by atoms with van der Waals surface area (Å²) in [5, 5.41) is 0. The number of aldehydes is 1. The molecule has 1 aromatic carbocycles. The van der Waals surface area contributed by atoms with E-state index in [2.05, 4.69) is 49.2 Å². The van der Waals surface area contributed by atoms with Crippen LogP contribution in [0.15, 0.2) is 30.3 Å². The number of rotatable bonds is 3. The largest absolute Gasteiger partial charge is 0.304 e. The summed E-state index contributed by atoms with van der Waals surface area (Å²) >= 11 is 0. The molecule has 2 fully saturated rings. The molecule has 2 aliphatic carbocycles. The van der Waals surface area contributed by atoms with Gasteiger partial charge in [-0.15, -0.1) is 0 Å². The zero-order valence-corrected chi connectivity index (χ0v) is 13.0. The third-order valence-electron chi connectivity index (χ3n) is 5.06. The van der Waals surface area contributed by atoms with Crippen LogP contribution in [-0.4, -0.2) is 30.8 Å². The highest BCUT2D eigenvalue weighted by molar-refractivity contribution is 5.44. The van der Waals surface area contributed by atoms with Crippen LogP contribution in [0, 0.1) is 11.8 Å². The van der Waals surface area contributed by atoms with Crippen molar-refractivity contribution in [1.29, 1.82) is 0 Å². The molecule has 0 radical (unpaired) electrons. The van der Waals surface area contributed by atoms with Crippen LogP contribution < -0.4 is 0 Å². The van der Waals surface area contributed by atoms with E-state index in [1.54, 1.807) is 5.56 Å². The summed E-state index contributed by atoms with van der Waals surface area (Å²) in [6, 6.07) is 12.0. The van der Waals surface area contributed by atoms with Gasteiger partial charge in [-0.05, 0) is 57.2 Å². The summed E-state index contributed by atoms with van der Waals surface area (Å²) in [6.45, 7) is 4.91. The number of likely N-dealkylation sites (N-methyl/N-ethyl adjacent to an activating group) is 1. The molecular formula is C18H27NO. The third kappa shape index (κ3) is 2.95. The molecule has 0 heterocycles. The summed E-state index contributed by atoms with van der Waals surface area (Å²) in [5.74, 6) is 2.69. The van der Waals surface area contributed by atoms with Crippen molar-refractivity contribution in [2.24, 2.45) is 11.8 Å². The van der Waals surface area contributed by atoms with Crippen molar-refractivity contribution in [3.05, 3.63) is 35.9 Å². The average Bonchev–Trinajstić information content (AvgIpc) is 3.09. The molecule has 20 heavy (non-hydrogen) atoms.